The summed E-state index contributed by atoms with van der Waals surface area (Å²) >= 11 is 0. The monoisotopic (exact) mass is 225 g/mol. The third-order valence-corrected chi connectivity index (χ3v) is 1.89. The summed E-state index contributed by atoms with van der Waals surface area (Å²) in [5.74, 6) is 4.92. The molecule has 0 unspecified atom stereocenters. The highest BCUT2D eigenvalue weighted by Crippen LogP contribution is 2.03. The molecule has 0 saturated heterocycles. The Balaban J connectivity index is 0.00000106. The molecule has 0 aromatic carbocycles. The van der Waals surface area contributed by atoms with Crippen LogP contribution in [0.25, 0.3) is 0 Å². The van der Waals surface area contributed by atoms with Gasteiger partial charge in [0.1, 0.15) is 0 Å². The minimum absolute atomic E-state index is 0.488. The van der Waals surface area contributed by atoms with E-state index in [0.29, 0.717) is 12.3 Å². The first-order chi connectivity index (χ1) is 7.74. The summed E-state index contributed by atoms with van der Waals surface area (Å²) in [5.41, 5.74) is 2.20. The maximum Gasteiger partial charge on any atom is 0.0837 e. The van der Waals surface area contributed by atoms with E-state index in [2.05, 4.69) is 9.82 Å². The summed E-state index contributed by atoms with van der Waals surface area (Å²) in [6, 6.07) is 5.70. The molecule has 0 aliphatic carbocycles. The highest BCUT2D eigenvalue weighted by Gasteiger charge is 1.99. The topological polar surface area (TPSA) is 92.2 Å². The molecule has 0 amide bonds. The lowest BCUT2D eigenvalue weighted by Gasteiger charge is -2.02. The molecule has 5 heteroatoms. The van der Waals surface area contributed by atoms with E-state index in [1.165, 1.54) is 0 Å². The zero-order valence-corrected chi connectivity index (χ0v) is 9.73. The van der Waals surface area contributed by atoms with Crippen LogP contribution in [0.5, 0.6) is 0 Å². The van der Waals surface area contributed by atoms with Gasteiger partial charge in [0, 0.05) is 12.8 Å². The molecule has 1 rings (SSSR count). The van der Waals surface area contributed by atoms with Gasteiger partial charge in [0.2, 0.25) is 0 Å². The number of rotatable bonds is 5. The fourth-order valence-electron chi connectivity index (χ4n) is 1.16. The minimum atomic E-state index is 0.488. The Bertz CT molecular complexity index is 316. The quantitative estimate of drug-likeness (QED) is 0.394. The van der Waals surface area contributed by atoms with Crippen molar-refractivity contribution in [2.45, 2.75) is 19.8 Å². The molecule has 0 aliphatic rings. The van der Waals surface area contributed by atoms with E-state index >= 15 is 0 Å². The molecule has 0 saturated carbocycles. The van der Waals surface area contributed by atoms with Crippen molar-refractivity contribution < 1.29 is 9.94 Å². The van der Waals surface area contributed by atoms with Crippen molar-refractivity contribution in [1.29, 1.82) is 5.41 Å². The number of nitrogens with one attached hydrogen (secondary N) is 1. The van der Waals surface area contributed by atoms with Crippen LogP contribution in [-0.2, 0) is 11.3 Å². The van der Waals surface area contributed by atoms with Crippen LogP contribution in [0.2, 0.25) is 0 Å². The summed E-state index contributed by atoms with van der Waals surface area (Å²) in [6.07, 6.45) is 1.68. The maximum absolute atomic E-state index is 7.44. The van der Waals surface area contributed by atoms with Crippen LogP contribution in [0.3, 0.4) is 0 Å². The lowest BCUT2D eigenvalue weighted by molar-refractivity contribution is 0.135. The molecule has 16 heavy (non-hydrogen) atoms. The van der Waals surface area contributed by atoms with Crippen LogP contribution in [-0.4, -0.2) is 29.5 Å². The summed E-state index contributed by atoms with van der Waals surface area (Å²) in [6.45, 7) is 2.27. The molecule has 0 fully saturated rings. The highest BCUT2D eigenvalue weighted by molar-refractivity contribution is 5.94. The number of hydrogen-bond acceptors (Lipinski definition) is 5. The molecule has 0 bridgehead atoms. The van der Waals surface area contributed by atoms with Crippen LogP contribution in [0.1, 0.15) is 24.7 Å². The third kappa shape index (κ3) is 5.55. The van der Waals surface area contributed by atoms with Crippen LogP contribution in [0.15, 0.2) is 18.2 Å². The number of aryl methyl sites for hydroxylation is 1. The van der Waals surface area contributed by atoms with Crippen molar-refractivity contribution >= 4 is 5.71 Å². The normalized spacial score (nSPS) is 9.25. The number of aromatic nitrogens is 1. The molecule has 0 radical (unpaired) electrons. The predicted octanol–water partition coefficient (Wildman–Crippen LogP) is 0.901. The molecule has 5 nitrogen and oxygen atoms in total. The first-order valence-electron chi connectivity index (χ1n) is 5.02. The zero-order chi connectivity index (χ0) is 12.4. The molecule has 1 heterocycles. The Hall–Kier alpha value is -1.30. The Kier molecular flexibility index (Phi) is 8.24. The molecule has 4 N–H and O–H groups in total. The molecular formula is C11H19N3O2. The van der Waals surface area contributed by atoms with Gasteiger partial charge in [-0.3, -0.25) is 4.98 Å². The van der Waals surface area contributed by atoms with Gasteiger partial charge in [0.15, 0.2) is 0 Å². The summed E-state index contributed by atoms with van der Waals surface area (Å²) in [4.78, 5) is 8.79. The first-order valence-corrected chi connectivity index (χ1v) is 5.02. The van der Waals surface area contributed by atoms with Gasteiger partial charge in [-0.1, -0.05) is 6.07 Å². The second kappa shape index (κ2) is 8.96. The standard InChI is InChI=1S/C10H15N3O.CH4O/c1-8(11)10-6-2-4-9(13-10)5-3-7-14-12;1-2/h2,4,6,11H,3,5,7,12H2,1H3;2H,1H3. The number of aliphatic hydroxyl groups excluding tert-OH is 1. The molecule has 1 aromatic heterocycles. The average molecular weight is 225 g/mol. The summed E-state index contributed by atoms with van der Waals surface area (Å²) in [5, 5.41) is 14.4. The molecule has 1 aromatic rings. The van der Waals surface area contributed by atoms with E-state index in [1.54, 1.807) is 6.92 Å². The predicted molar refractivity (Wildman–Crippen MR) is 63.3 cm³/mol. The van der Waals surface area contributed by atoms with Crippen LogP contribution < -0.4 is 5.90 Å². The number of pyridine rings is 1. The molecular weight excluding hydrogens is 206 g/mol. The van der Waals surface area contributed by atoms with E-state index in [-0.39, 0.29) is 0 Å². The van der Waals surface area contributed by atoms with E-state index in [4.69, 9.17) is 16.4 Å². The number of aliphatic hydroxyl groups is 1. The lowest BCUT2D eigenvalue weighted by Crippen LogP contribution is -2.04. The average Bonchev–Trinajstić information content (AvgIpc) is 2.32. The number of hydrogen-bond donors (Lipinski definition) is 3. The number of nitrogens with two attached hydrogens (primary N) is 1. The lowest BCUT2D eigenvalue weighted by atomic mass is 10.2. The SMILES string of the molecule is CC(=N)c1cccc(CCCON)n1.CO. The maximum atomic E-state index is 7.44. The van der Waals surface area contributed by atoms with Gasteiger partial charge in [-0.2, -0.15) is 0 Å². The van der Waals surface area contributed by atoms with Gasteiger partial charge < -0.3 is 15.4 Å². The van der Waals surface area contributed by atoms with Crippen LogP contribution in [0.4, 0.5) is 0 Å². The zero-order valence-electron chi connectivity index (χ0n) is 9.73. The van der Waals surface area contributed by atoms with Gasteiger partial charge in [-0.05, 0) is 31.9 Å². The van der Waals surface area contributed by atoms with E-state index in [0.717, 1.165) is 31.3 Å². The molecule has 0 spiro atoms. The largest absolute Gasteiger partial charge is 0.400 e. The Morgan fingerprint density at radius 1 is 1.50 bits per heavy atom. The number of nitrogens with zero attached hydrogens (tertiary/aromatic N) is 1. The van der Waals surface area contributed by atoms with E-state index in [9.17, 15) is 0 Å². The van der Waals surface area contributed by atoms with Crippen molar-refractivity contribution in [2.24, 2.45) is 5.90 Å². The van der Waals surface area contributed by atoms with Gasteiger partial charge in [0.25, 0.3) is 0 Å². The van der Waals surface area contributed by atoms with E-state index in [1.807, 2.05) is 18.2 Å². The summed E-state index contributed by atoms with van der Waals surface area (Å²) in [7, 11) is 1.00. The van der Waals surface area contributed by atoms with Crippen LogP contribution in [0, 0.1) is 5.41 Å². The summed E-state index contributed by atoms with van der Waals surface area (Å²) < 4.78 is 0. The highest BCUT2D eigenvalue weighted by atomic mass is 16.6. The molecule has 0 atom stereocenters. The molecule has 90 valence electrons. The Morgan fingerprint density at radius 3 is 2.75 bits per heavy atom. The Labute approximate surface area is 95.7 Å². The third-order valence-electron chi connectivity index (χ3n) is 1.89. The van der Waals surface area contributed by atoms with Gasteiger partial charge in [-0.15, -0.1) is 0 Å². The van der Waals surface area contributed by atoms with Crippen LogP contribution >= 0.6 is 0 Å². The smallest absolute Gasteiger partial charge is 0.0837 e. The van der Waals surface area contributed by atoms with Gasteiger partial charge in [-0.25, -0.2) is 5.90 Å². The Morgan fingerprint density at radius 2 is 2.19 bits per heavy atom. The van der Waals surface area contributed by atoms with Crippen molar-refractivity contribution in [3.05, 3.63) is 29.6 Å². The van der Waals surface area contributed by atoms with Crippen molar-refractivity contribution in [3.8, 4) is 0 Å². The minimum Gasteiger partial charge on any atom is -0.400 e. The van der Waals surface area contributed by atoms with Gasteiger partial charge >= 0.3 is 0 Å². The molecule has 0 aliphatic heterocycles. The first kappa shape index (κ1) is 14.7. The van der Waals surface area contributed by atoms with Gasteiger partial charge in [0.05, 0.1) is 18.0 Å². The second-order valence-electron chi connectivity index (χ2n) is 3.11. The van der Waals surface area contributed by atoms with Crippen molar-refractivity contribution in [2.75, 3.05) is 13.7 Å². The fourth-order valence-corrected chi connectivity index (χ4v) is 1.16. The fraction of sp³-hybridized carbons (Fsp3) is 0.455. The second-order valence-corrected chi connectivity index (χ2v) is 3.11. The van der Waals surface area contributed by atoms with Crippen molar-refractivity contribution in [3.63, 3.8) is 0 Å². The van der Waals surface area contributed by atoms with Crippen molar-refractivity contribution in [1.82, 2.24) is 4.98 Å². The van der Waals surface area contributed by atoms with E-state index < -0.39 is 0 Å².